The van der Waals surface area contributed by atoms with Crippen LogP contribution < -0.4 is 9.47 Å². The Morgan fingerprint density at radius 3 is 1.20 bits per heavy atom. The Kier molecular flexibility index (Phi) is 13.6. The van der Waals surface area contributed by atoms with Crippen LogP contribution >= 0.6 is 0 Å². The standard InChI is InChI=1S/2C16H12F2NO.2C5H5.Ti/c2*1-10-7-11-8-13(20-2)4-6-15(11)19(10)16-5-3-12(17)9-14(16)18;2*1-2-4-5-3-1;/h2*3-8H,1-2H3;2*1-5H;/q4*-1;+4. The van der Waals surface area contributed by atoms with Crippen molar-refractivity contribution in [2.45, 2.75) is 13.8 Å². The normalized spacial score (nSPS) is 10.2. The van der Waals surface area contributed by atoms with Crippen LogP contribution in [0.25, 0.3) is 33.2 Å². The SMILES string of the molecule is COc1ccc2c(c1)cc(C)n2-c1ccc(F)[c-]c1F.COc1ccc2c(c1)cc(C)n2-c1ccc(F)[c-]c1F.[Ti+4].c1cc[cH-]c1.c1cc[cH-]c1. The number of hydrogen-bond donors (Lipinski definition) is 0. The van der Waals surface area contributed by atoms with Gasteiger partial charge < -0.3 is 18.6 Å². The summed E-state index contributed by atoms with van der Waals surface area (Å²) in [6, 6.07) is 44.3. The average molecular weight is 723 g/mol. The van der Waals surface area contributed by atoms with Gasteiger partial charge in [0, 0.05) is 56.5 Å². The van der Waals surface area contributed by atoms with Crippen molar-refractivity contribution in [3.05, 3.63) is 180 Å². The molecular formula is C42H34F4N2O2Ti. The van der Waals surface area contributed by atoms with E-state index in [9.17, 15) is 17.6 Å². The Morgan fingerprint density at radius 1 is 0.529 bits per heavy atom. The summed E-state index contributed by atoms with van der Waals surface area (Å²) in [6.07, 6.45) is 0. The van der Waals surface area contributed by atoms with Gasteiger partial charge in [-0.25, -0.2) is 41.8 Å². The Balaban J connectivity index is 0.000000177. The zero-order valence-electron chi connectivity index (χ0n) is 28.4. The number of benzene rings is 4. The molecule has 51 heavy (non-hydrogen) atoms. The molecule has 0 saturated carbocycles. The van der Waals surface area contributed by atoms with Crippen molar-refractivity contribution in [2.75, 3.05) is 14.2 Å². The van der Waals surface area contributed by atoms with E-state index in [1.165, 1.54) is 24.3 Å². The fraction of sp³-hybridized carbons (Fsp3) is 0.0952. The predicted octanol–water partition coefficient (Wildman–Crippen LogP) is 10.9. The smallest absolute Gasteiger partial charge is 0.497 e. The quantitative estimate of drug-likeness (QED) is 0.103. The fourth-order valence-electron chi connectivity index (χ4n) is 5.41. The van der Waals surface area contributed by atoms with Gasteiger partial charge in [-0.05, 0) is 73.8 Å². The van der Waals surface area contributed by atoms with Crippen molar-refractivity contribution in [1.29, 1.82) is 0 Å². The second kappa shape index (κ2) is 18.1. The summed E-state index contributed by atoms with van der Waals surface area (Å²) in [4.78, 5) is 0. The van der Waals surface area contributed by atoms with Crippen molar-refractivity contribution in [1.82, 2.24) is 9.13 Å². The number of nitrogens with zero attached hydrogens (tertiary/aromatic N) is 2. The zero-order valence-corrected chi connectivity index (χ0v) is 30.0. The largest absolute Gasteiger partial charge is 4.00 e. The molecular weight excluding hydrogens is 688 g/mol. The molecule has 2 aromatic heterocycles. The maximum Gasteiger partial charge on any atom is 4.00 e. The molecule has 0 spiro atoms. The van der Waals surface area contributed by atoms with Crippen molar-refractivity contribution >= 4 is 21.8 Å². The number of fused-ring (bicyclic) bond motifs is 2. The average Bonchev–Trinajstić information content (AvgIpc) is 3.94. The minimum atomic E-state index is -0.707. The van der Waals surface area contributed by atoms with Gasteiger partial charge in [-0.1, -0.05) is 0 Å². The molecule has 0 aliphatic rings. The molecule has 0 N–H and O–H groups in total. The maximum atomic E-state index is 13.9. The van der Waals surface area contributed by atoms with Crippen LogP contribution in [-0.2, 0) is 21.7 Å². The van der Waals surface area contributed by atoms with E-state index in [1.54, 1.807) is 23.4 Å². The zero-order chi connectivity index (χ0) is 35.6. The number of aromatic nitrogens is 2. The molecule has 0 radical (unpaired) electrons. The molecule has 256 valence electrons. The van der Waals surface area contributed by atoms with E-state index in [1.807, 2.05) is 123 Å². The molecule has 0 amide bonds. The number of methoxy groups -OCH3 is 2. The Bertz CT molecular complexity index is 2080. The van der Waals surface area contributed by atoms with Crippen molar-refractivity contribution in [3.63, 3.8) is 0 Å². The van der Waals surface area contributed by atoms with Gasteiger partial charge in [0.15, 0.2) is 0 Å². The van der Waals surface area contributed by atoms with E-state index in [0.717, 1.165) is 44.7 Å². The van der Waals surface area contributed by atoms with Crippen LogP contribution in [0.5, 0.6) is 11.5 Å². The summed E-state index contributed by atoms with van der Waals surface area (Å²) in [5.41, 5.74) is 3.94. The van der Waals surface area contributed by atoms with E-state index in [2.05, 4.69) is 12.1 Å². The molecule has 8 rings (SSSR count). The molecule has 0 aliphatic heterocycles. The molecule has 8 aromatic rings. The third-order valence-corrected chi connectivity index (χ3v) is 7.66. The molecule has 0 saturated heterocycles. The minimum absolute atomic E-state index is 0. The predicted molar refractivity (Wildman–Crippen MR) is 191 cm³/mol. The van der Waals surface area contributed by atoms with Crippen LogP contribution in [0.1, 0.15) is 11.4 Å². The third kappa shape index (κ3) is 9.48. The van der Waals surface area contributed by atoms with E-state index < -0.39 is 23.3 Å². The number of aryl methyl sites for hydroxylation is 2. The van der Waals surface area contributed by atoms with Crippen LogP contribution in [0.3, 0.4) is 0 Å². The van der Waals surface area contributed by atoms with Crippen molar-refractivity contribution < 1.29 is 48.8 Å². The van der Waals surface area contributed by atoms with Gasteiger partial charge in [-0.2, -0.15) is 36.4 Å². The number of rotatable bonds is 4. The maximum absolute atomic E-state index is 13.9. The van der Waals surface area contributed by atoms with Crippen LogP contribution in [0.2, 0.25) is 0 Å². The first-order valence-corrected chi connectivity index (χ1v) is 15.6. The fourth-order valence-corrected chi connectivity index (χ4v) is 5.41. The van der Waals surface area contributed by atoms with Gasteiger partial charge in [-0.3, -0.25) is 0 Å². The molecule has 0 fully saturated rings. The van der Waals surface area contributed by atoms with E-state index >= 15 is 0 Å². The molecule has 2 heterocycles. The van der Waals surface area contributed by atoms with Gasteiger partial charge in [0.2, 0.25) is 0 Å². The number of ether oxygens (including phenoxy) is 2. The first-order valence-electron chi connectivity index (χ1n) is 15.6. The van der Waals surface area contributed by atoms with Crippen molar-refractivity contribution in [2.24, 2.45) is 0 Å². The third-order valence-electron chi connectivity index (χ3n) is 7.66. The summed E-state index contributed by atoms with van der Waals surface area (Å²) in [7, 11) is 3.19. The van der Waals surface area contributed by atoms with Crippen molar-refractivity contribution in [3.8, 4) is 22.9 Å². The topological polar surface area (TPSA) is 28.3 Å². The summed E-state index contributed by atoms with van der Waals surface area (Å²) in [5.74, 6) is -1.35. The van der Waals surface area contributed by atoms with Gasteiger partial charge >= 0.3 is 21.7 Å². The summed E-state index contributed by atoms with van der Waals surface area (Å²) in [5, 5.41) is 1.87. The van der Waals surface area contributed by atoms with Crippen LogP contribution in [0, 0.1) is 49.2 Å². The van der Waals surface area contributed by atoms with Crippen LogP contribution in [0.15, 0.2) is 133 Å². The van der Waals surface area contributed by atoms with Gasteiger partial charge in [0.25, 0.3) is 0 Å². The molecule has 0 aliphatic carbocycles. The Hall–Kier alpha value is -5.31. The minimum Gasteiger partial charge on any atom is -0.497 e. The molecule has 4 nitrogen and oxygen atoms in total. The van der Waals surface area contributed by atoms with E-state index in [4.69, 9.17) is 9.47 Å². The van der Waals surface area contributed by atoms with Crippen LogP contribution in [0.4, 0.5) is 17.6 Å². The summed E-state index contributed by atoms with van der Waals surface area (Å²) in [6.45, 7) is 3.74. The van der Waals surface area contributed by atoms with Gasteiger partial charge in [-0.15, -0.1) is 36.4 Å². The number of hydrogen-bond acceptors (Lipinski definition) is 2. The van der Waals surface area contributed by atoms with E-state index in [0.29, 0.717) is 0 Å². The molecule has 9 heteroatoms. The monoisotopic (exact) mass is 722 g/mol. The summed E-state index contributed by atoms with van der Waals surface area (Å²) >= 11 is 0. The molecule has 0 bridgehead atoms. The first-order chi connectivity index (χ1) is 24.2. The summed E-state index contributed by atoms with van der Waals surface area (Å²) < 4.78 is 67.6. The molecule has 0 atom stereocenters. The van der Waals surface area contributed by atoms with E-state index in [-0.39, 0.29) is 33.1 Å². The molecule has 6 aromatic carbocycles. The second-order valence-corrected chi connectivity index (χ2v) is 11.0. The number of halogens is 4. The van der Waals surface area contributed by atoms with Gasteiger partial charge in [0.05, 0.1) is 14.2 Å². The van der Waals surface area contributed by atoms with Gasteiger partial charge in [0.1, 0.15) is 11.5 Å². The second-order valence-electron chi connectivity index (χ2n) is 11.0. The molecule has 0 unspecified atom stereocenters. The first kappa shape index (κ1) is 38.5. The Morgan fingerprint density at radius 2 is 0.902 bits per heavy atom. The van der Waals surface area contributed by atoms with Crippen LogP contribution in [-0.4, -0.2) is 23.4 Å². The Labute approximate surface area is 309 Å².